The number of rotatable bonds is 4. The zero-order valence-corrected chi connectivity index (χ0v) is 11.2. The first-order valence-electron chi connectivity index (χ1n) is 6.68. The maximum atomic E-state index is 9.30. The van der Waals surface area contributed by atoms with Gasteiger partial charge in [-0.2, -0.15) is 5.26 Å². The van der Waals surface area contributed by atoms with Crippen LogP contribution >= 0.6 is 0 Å². The summed E-state index contributed by atoms with van der Waals surface area (Å²) in [5.41, 5.74) is 0.422. The molecule has 0 radical (unpaired) electrons. The zero-order chi connectivity index (χ0) is 13.7. The molecule has 4 heteroatoms. The van der Waals surface area contributed by atoms with Crippen LogP contribution in [-0.2, 0) is 6.61 Å². The van der Waals surface area contributed by atoms with E-state index in [2.05, 4.69) is 11.4 Å². The molecule has 0 amide bonds. The fraction of sp³-hybridized carbons (Fsp3) is 0.533. The number of benzene rings is 1. The summed E-state index contributed by atoms with van der Waals surface area (Å²) in [5.74, 6) is 0.798. The van der Waals surface area contributed by atoms with E-state index in [0.29, 0.717) is 6.42 Å². The molecule has 2 unspecified atom stereocenters. The highest BCUT2D eigenvalue weighted by Crippen LogP contribution is 2.30. The van der Waals surface area contributed by atoms with Gasteiger partial charge in [0.1, 0.15) is 17.4 Å². The Morgan fingerprint density at radius 2 is 2.21 bits per heavy atom. The van der Waals surface area contributed by atoms with E-state index in [4.69, 9.17) is 9.84 Å². The van der Waals surface area contributed by atoms with Crippen LogP contribution in [0.3, 0.4) is 0 Å². The Labute approximate surface area is 114 Å². The molecule has 0 heterocycles. The van der Waals surface area contributed by atoms with Crippen molar-refractivity contribution in [2.45, 2.75) is 43.9 Å². The molecule has 2 N–H and O–H groups in total. The van der Waals surface area contributed by atoms with Crippen LogP contribution in [0.25, 0.3) is 0 Å². The molecule has 1 aromatic carbocycles. The molecular formula is C15H20N2O2. The number of nitrogens with one attached hydrogen (secondary N) is 1. The van der Waals surface area contributed by atoms with Crippen molar-refractivity contribution in [2.75, 3.05) is 7.05 Å². The Hall–Kier alpha value is -1.57. The van der Waals surface area contributed by atoms with Gasteiger partial charge in [-0.3, -0.25) is 0 Å². The van der Waals surface area contributed by atoms with Crippen molar-refractivity contribution in [3.05, 3.63) is 29.8 Å². The van der Waals surface area contributed by atoms with Gasteiger partial charge in [0.25, 0.3) is 0 Å². The summed E-state index contributed by atoms with van der Waals surface area (Å²) in [5, 5.41) is 21.4. The summed E-state index contributed by atoms with van der Waals surface area (Å²) >= 11 is 0. The number of ether oxygens (including phenoxy) is 1. The van der Waals surface area contributed by atoms with Gasteiger partial charge in [0.05, 0.1) is 12.7 Å². The van der Waals surface area contributed by atoms with Gasteiger partial charge in [0.2, 0.25) is 0 Å². The molecule has 2 rings (SSSR count). The van der Waals surface area contributed by atoms with Gasteiger partial charge in [-0.25, -0.2) is 0 Å². The highest BCUT2D eigenvalue weighted by molar-refractivity contribution is 5.27. The minimum Gasteiger partial charge on any atom is -0.490 e. The molecule has 102 valence electrons. The Morgan fingerprint density at radius 3 is 2.79 bits per heavy atom. The lowest BCUT2D eigenvalue weighted by Crippen LogP contribution is -2.48. The van der Waals surface area contributed by atoms with E-state index in [9.17, 15) is 5.26 Å². The van der Waals surface area contributed by atoms with Crippen LogP contribution in [0.15, 0.2) is 24.3 Å². The van der Waals surface area contributed by atoms with E-state index >= 15 is 0 Å². The zero-order valence-electron chi connectivity index (χ0n) is 11.2. The van der Waals surface area contributed by atoms with Gasteiger partial charge in [-0.05, 0) is 44.0 Å². The average molecular weight is 260 g/mol. The minimum absolute atomic E-state index is 0.0427. The number of hydrogen-bond donors (Lipinski definition) is 2. The van der Waals surface area contributed by atoms with Gasteiger partial charge >= 0.3 is 0 Å². The van der Waals surface area contributed by atoms with Crippen LogP contribution in [0, 0.1) is 11.3 Å². The molecule has 0 aliphatic heterocycles. The Balaban J connectivity index is 2.00. The quantitative estimate of drug-likeness (QED) is 0.869. The standard InChI is InChI=1S/C15H20N2O2/c1-17-15(11-16)8-2-3-14(9-15)19-13-6-4-12(10-18)5-7-13/h4-7,14,17-18H,2-3,8-10H2,1H3. The Bertz CT molecular complexity index is 452. The van der Waals surface area contributed by atoms with Crippen LogP contribution in [0.2, 0.25) is 0 Å². The molecule has 1 aliphatic rings. The van der Waals surface area contributed by atoms with E-state index in [-0.39, 0.29) is 12.7 Å². The first-order valence-corrected chi connectivity index (χ1v) is 6.68. The lowest BCUT2D eigenvalue weighted by Gasteiger charge is -2.35. The van der Waals surface area contributed by atoms with Gasteiger partial charge < -0.3 is 15.2 Å². The largest absolute Gasteiger partial charge is 0.490 e. The number of nitrogens with zero attached hydrogens (tertiary/aromatic N) is 1. The molecule has 4 nitrogen and oxygen atoms in total. The lowest BCUT2D eigenvalue weighted by molar-refractivity contribution is 0.116. The summed E-state index contributed by atoms with van der Waals surface area (Å²) in [4.78, 5) is 0. The second-order valence-corrected chi connectivity index (χ2v) is 5.08. The molecule has 2 atom stereocenters. The van der Waals surface area contributed by atoms with E-state index in [0.717, 1.165) is 30.6 Å². The first-order chi connectivity index (χ1) is 9.21. The molecule has 1 fully saturated rings. The molecule has 0 spiro atoms. The molecule has 0 bridgehead atoms. The van der Waals surface area contributed by atoms with Crippen LogP contribution in [0.5, 0.6) is 5.75 Å². The Morgan fingerprint density at radius 1 is 1.47 bits per heavy atom. The van der Waals surface area contributed by atoms with Crippen LogP contribution in [0.1, 0.15) is 31.2 Å². The fourth-order valence-corrected chi connectivity index (χ4v) is 2.58. The van der Waals surface area contributed by atoms with Crippen molar-refractivity contribution in [3.8, 4) is 11.8 Å². The normalized spacial score (nSPS) is 26.7. The van der Waals surface area contributed by atoms with Gasteiger partial charge in [-0.15, -0.1) is 0 Å². The van der Waals surface area contributed by atoms with E-state index in [1.807, 2.05) is 31.3 Å². The minimum atomic E-state index is -0.450. The van der Waals surface area contributed by atoms with Gasteiger partial charge in [0.15, 0.2) is 0 Å². The lowest BCUT2D eigenvalue weighted by atomic mass is 9.81. The van der Waals surface area contributed by atoms with Crippen molar-refractivity contribution in [2.24, 2.45) is 0 Å². The van der Waals surface area contributed by atoms with E-state index < -0.39 is 5.54 Å². The van der Waals surface area contributed by atoms with Gasteiger partial charge in [0, 0.05) is 6.42 Å². The maximum absolute atomic E-state index is 9.30. The van der Waals surface area contributed by atoms with Crippen molar-refractivity contribution in [1.29, 1.82) is 5.26 Å². The van der Waals surface area contributed by atoms with E-state index in [1.165, 1.54) is 0 Å². The van der Waals surface area contributed by atoms with Crippen molar-refractivity contribution >= 4 is 0 Å². The topological polar surface area (TPSA) is 65.3 Å². The summed E-state index contributed by atoms with van der Waals surface area (Å²) in [6.45, 7) is 0.0427. The maximum Gasteiger partial charge on any atom is 0.119 e. The molecular weight excluding hydrogens is 240 g/mol. The molecule has 1 aliphatic carbocycles. The predicted octanol–water partition coefficient (Wildman–Crippen LogP) is 1.98. The Kier molecular flexibility index (Phi) is 4.41. The summed E-state index contributed by atoms with van der Waals surface area (Å²) in [7, 11) is 1.83. The predicted molar refractivity (Wildman–Crippen MR) is 72.7 cm³/mol. The fourth-order valence-electron chi connectivity index (χ4n) is 2.58. The molecule has 1 saturated carbocycles. The second kappa shape index (κ2) is 6.05. The molecule has 1 aromatic rings. The van der Waals surface area contributed by atoms with Crippen LogP contribution < -0.4 is 10.1 Å². The first kappa shape index (κ1) is 13.9. The van der Waals surface area contributed by atoms with Crippen molar-refractivity contribution < 1.29 is 9.84 Å². The third-order valence-electron chi connectivity index (χ3n) is 3.81. The average Bonchev–Trinajstić information content (AvgIpc) is 2.48. The molecule has 19 heavy (non-hydrogen) atoms. The highest BCUT2D eigenvalue weighted by Gasteiger charge is 2.36. The van der Waals surface area contributed by atoms with Crippen molar-refractivity contribution in [3.63, 3.8) is 0 Å². The summed E-state index contributed by atoms with van der Waals surface area (Å²) in [6.07, 6.45) is 3.63. The smallest absolute Gasteiger partial charge is 0.119 e. The van der Waals surface area contributed by atoms with Crippen molar-refractivity contribution in [1.82, 2.24) is 5.32 Å². The third-order valence-corrected chi connectivity index (χ3v) is 3.81. The van der Waals surface area contributed by atoms with Crippen LogP contribution in [0.4, 0.5) is 0 Å². The SMILES string of the molecule is CNC1(C#N)CCCC(Oc2ccc(CO)cc2)C1. The van der Waals surface area contributed by atoms with E-state index in [1.54, 1.807) is 0 Å². The summed E-state index contributed by atoms with van der Waals surface area (Å²) in [6, 6.07) is 9.82. The highest BCUT2D eigenvalue weighted by atomic mass is 16.5. The third kappa shape index (κ3) is 3.25. The van der Waals surface area contributed by atoms with Crippen LogP contribution in [-0.4, -0.2) is 23.8 Å². The summed E-state index contributed by atoms with van der Waals surface area (Å²) < 4.78 is 5.94. The number of aliphatic hydroxyl groups excluding tert-OH is 1. The number of hydrogen-bond acceptors (Lipinski definition) is 4. The number of nitriles is 1. The molecule has 0 aromatic heterocycles. The van der Waals surface area contributed by atoms with Gasteiger partial charge in [-0.1, -0.05) is 12.1 Å². The number of aliphatic hydroxyl groups is 1. The monoisotopic (exact) mass is 260 g/mol. The second-order valence-electron chi connectivity index (χ2n) is 5.08. The molecule has 0 saturated heterocycles.